The van der Waals surface area contributed by atoms with E-state index in [2.05, 4.69) is 28.7 Å². The third-order valence-electron chi connectivity index (χ3n) is 6.16. The van der Waals surface area contributed by atoms with E-state index < -0.39 is 24.2 Å². The van der Waals surface area contributed by atoms with Crippen LogP contribution >= 0.6 is 22.7 Å². The van der Waals surface area contributed by atoms with Crippen LogP contribution in [0.1, 0.15) is 63.2 Å². The minimum Gasteiger partial charge on any atom is -0.363 e. The van der Waals surface area contributed by atoms with Gasteiger partial charge in [-0.2, -0.15) is 23.5 Å². The van der Waals surface area contributed by atoms with Crippen molar-refractivity contribution in [1.29, 1.82) is 5.26 Å². The molecule has 0 spiro atoms. The van der Waals surface area contributed by atoms with Gasteiger partial charge in [-0.05, 0) is 42.2 Å². The van der Waals surface area contributed by atoms with Crippen molar-refractivity contribution < 1.29 is 18.0 Å². The zero-order valence-electron chi connectivity index (χ0n) is 17.6. The molecule has 0 aromatic carbocycles. The summed E-state index contributed by atoms with van der Waals surface area (Å²) in [6, 6.07) is 4.75. The van der Waals surface area contributed by atoms with Crippen molar-refractivity contribution in [1.82, 2.24) is 9.78 Å². The maximum atomic E-state index is 13.8. The number of nitriles is 1. The molecule has 5 rings (SSSR count). The summed E-state index contributed by atoms with van der Waals surface area (Å²) in [6.07, 6.45) is -2.11. The van der Waals surface area contributed by atoms with Crippen LogP contribution in [0.5, 0.6) is 0 Å². The average molecular weight is 492 g/mol. The van der Waals surface area contributed by atoms with Gasteiger partial charge in [-0.1, -0.05) is 13.0 Å². The Morgan fingerprint density at radius 1 is 1.42 bits per heavy atom. The van der Waals surface area contributed by atoms with Crippen molar-refractivity contribution in [2.75, 3.05) is 10.6 Å². The Hall–Kier alpha value is -2.84. The van der Waals surface area contributed by atoms with E-state index in [1.807, 2.05) is 5.38 Å². The number of alkyl halides is 3. The lowest BCUT2D eigenvalue weighted by molar-refractivity contribution is -0.173. The molecule has 0 bridgehead atoms. The lowest BCUT2D eigenvalue weighted by Crippen LogP contribution is -2.35. The number of carbonyl (C=O) groups excluding carboxylic acids is 1. The largest absolute Gasteiger partial charge is 0.410 e. The molecule has 0 saturated carbocycles. The molecule has 3 aromatic rings. The summed E-state index contributed by atoms with van der Waals surface area (Å²) in [6.45, 7) is 2.15. The summed E-state index contributed by atoms with van der Waals surface area (Å²) in [5, 5.41) is 21.7. The molecular formula is C22H20F3N5OS2. The number of aromatic nitrogens is 2. The summed E-state index contributed by atoms with van der Waals surface area (Å²) in [5.74, 6) is 0.0233. The highest BCUT2D eigenvalue weighted by Gasteiger charge is 2.47. The Bertz CT molecular complexity index is 1240. The fraction of sp³-hybridized carbons (Fsp3) is 0.409. The van der Waals surface area contributed by atoms with E-state index in [1.54, 1.807) is 12.1 Å². The molecular weight excluding hydrogens is 471 g/mol. The van der Waals surface area contributed by atoms with Crippen molar-refractivity contribution in [3.8, 4) is 6.07 Å². The SMILES string of the molecule is C[C@@H]1CCc2c(sc(NC(=O)c3cc4n(n3)[C@H](C(F)(F)F)C[C@H](c3cccs3)N4)c2C#N)C1. The number of anilines is 2. The second-order valence-electron chi connectivity index (χ2n) is 8.49. The van der Waals surface area contributed by atoms with Gasteiger partial charge in [0.05, 0.1) is 11.6 Å². The van der Waals surface area contributed by atoms with Gasteiger partial charge < -0.3 is 10.6 Å². The van der Waals surface area contributed by atoms with Crippen LogP contribution in [0.25, 0.3) is 0 Å². The molecule has 3 aromatic heterocycles. The van der Waals surface area contributed by atoms with Crippen molar-refractivity contribution in [3.05, 3.63) is 50.2 Å². The van der Waals surface area contributed by atoms with Gasteiger partial charge in [0, 0.05) is 22.2 Å². The number of halogens is 3. The Balaban J connectivity index is 1.44. The molecule has 3 atom stereocenters. The fourth-order valence-corrected chi connectivity index (χ4v) is 6.63. The third-order valence-corrected chi connectivity index (χ3v) is 8.32. The number of fused-ring (bicyclic) bond motifs is 2. The predicted octanol–water partition coefficient (Wildman–Crippen LogP) is 5.92. The number of hydrogen-bond acceptors (Lipinski definition) is 6. The standard InChI is InChI=1S/C22H20F3N5OS2/c1-11-4-5-12-13(10-26)21(33-17(12)7-11)28-20(31)15-9-19-27-14(16-3-2-6-32-16)8-18(22(23,24)25)30(19)29-15/h2-3,6,9,11,14,18,27H,4-5,7-8H2,1H3,(H,28,31)/t11-,14-,18+/m1/s1. The summed E-state index contributed by atoms with van der Waals surface area (Å²) in [7, 11) is 0. The molecule has 2 aliphatic rings. The zero-order valence-corrected chi connectivity index (χ0v) is 19.2. The summed E-state index contributed by atoms with van der Waals surface area (Å²) in [5.41, 5.74) is 1.29. The van der Waals surface area contributed by atoms with Gasteiger partial charge in [-0.25, -0.2) is 4.68 Å². The van der Waals surface area contributed by atoms with E-state index in [0.29, 0.717) is 16.5 Å². The highest BCUT2D eigenvalue weighted by Crippen LogP contribution is 2.44. The lowest BCUT2D eigenvalue weighted by Gasteiger charge is -2.32. The second-order valence-corrected chi connectivity index (χ2v) is 10.6. The molecule has 11 heteroatoms. The van der Waals surface area contributed by atoms with E-state index in [-0.39, 0.29) is 17.9 Å². The van der Waals surface area contributed by atoms with Gasteiger partial charge in [0.25, 0.3) is 5.91 Å². The van der Waals surface area contributed by atoms with Gasteiger partial charge in [0.15, 0.2) is 11.7 Å². The highest BCUT2D eigenvalue weighted by atomic mass is 32.1. The molecule has 0 saturated heterocycles. The van der Waals surface area contributed by atoms with Crippen LogP contribution in [0, 0.1) is 17.2 Å². The van der Waals surface area contributed by atoms with Crippen molar-refractivity contribution in [3.63, 3.8) is 0 Å². The molecule has 172 valence electrons. The third kappa shape index (κ3) is 4.02. The van der Waals surface area contributed by atoms with Gasteiger partial charge in [0.1, 0.15) is 16.9 Å². The van der Waals surface area contributed by atoms with E-state index in [9.17, 15) is 23.2 Å². The first-order chi connectivity index (χ1) is 15.7. The number of carbonyl (C=O) groups is 1. The Labute approximate surface area is 196 Å². The van der Waals surface area contributed by atoms with E-state index >= 15 is 0 Å². The fourth-order valence-electron chi connectivity index (χ4n) is 4.48. The number of thiophene rings is 2. The second kappa shape index (κ2) is 8.18. The monoisotopic (exact) mass is 491 g/mol. The van der Waals surface area contributed by atoms with Gasteiger partial charge in [-0.3, -0.25) is 4.79 Å². The number of rotatable bonds is 3. The maximum absolute atomic E-state index is 13.8. The lowest BCUT2D eigenvalue weighted by atomic mass is 9.89. The van der Waals surface area contributed by atoms with Crippen LogP contribution in [0.15, 0.2) is 23.6 Å². The topological polar surface area (TPSA) is 82.7 Å². The molecule has 0 radical (unpaired) electrons. The number of nitrogens with one attached hydrogen (secondary N) is 2. The van der Waals surface area contributed by atoms with E-state index in [0.717, 1.165) is 39.3 Å². The van der Waals surface area contributed by atoms with Crippen LogP contribution < -0.4 is 10.6 Å². The van der Waals surface area contributed by atoms with Gasteiger partial charge in [0.2, 0.25) is 0 Å². The van der Waals surface area contributed by atoms with Crippen LogP contribution in [0.2, 0.25) is 0 Å². The summed E-state index contributed by atoms with van der Waals surface area (Å²) in [4.78, 5) is 14.8. The highest BCUT2D eigenvalue weighted by molar-refractivity contribution is 7.16. The molecule has 0 fully saturated rings. The smallest absolute Gasteiger partial charge is 0.363 e. The molecule has 1 aliphatic carbocycles. The van der Waals surface area contributed by atoms with Crippen molar-refractivity contribution in [2.24, 2.45) is 5.92 Å². The maximum Gasteiger partial charge on any atom is 0.410 e. The summed E-state index contributed by atoms with van der Waals surface area (Å²) >= 11 is 2.75. The predicted molar refractivity (Wildman–Crippen MR) is 121 cm³/mol. The quantitative estimate of drug-likeness (QED) is 0.477. The minimum atomic E-state index is -4.51. The Kier molecular flexibility index (Phi) is 5.45. The molecule has 1 amide bonds. The molecule has 4 heterocycles. The van der Waals surface area contributed by atoms with Crippen LogP contribution in [-0.2, 0) is 12.8 Å². The van der Waals surface area contributed by atoms with Crippen LogP contribution in [-0.4, -0.2) is 21.9 Å². The molecule has 6 nitrogen and oxygen atoms in total. The zero-order chi connectivity index (χ0) is 23.3. The van der Waals surface area contributed by atoms with E-state index in [4.69, 9.17) is 0 Å². The summed E-state index contributed by atoms with van der Waals surface area (Å²) < 4.78 is 42.4. The van der Waals surface area contributed by atoms with Crippen molar-refractivity contribution in [2.45, 2.75) is 50.9 Å². The van der Waals surface area contributed by atoms with Gasteiger partial charge in [-0.15, -0.1) is 22.7 Å². The Morgan fingerprint density at radius 2 is 2.24 bits per heavy atom. The Morgan fingerprint density at radius 3 is 2.94 bits per heavy atom. The minimum absolute atomic E-state index is 0.123. The normalized spacial score (nSPS) is 22.1. The first kappa shape index (κ1) is 22.0. The number of hydrogen-bond donors (Lipinski definition) is 2. The molecule has 33 heavy (non-hydrogen) atoms. The molecule has 1 aliphatic heterocycles. The van der Waals surface area contributed by atoms with Crippen LogP contribution in [0.3, 0.4) is 0 Å². The molecule has 2 N–H and O–H groups in total. The first-order valence-corrected chi connectivity index (χ1v) is 12.3. The van der Waals surface area contributed by atoms with E-state index in [1.165, 1.54) is 28.7 Å². The number of amides is 1. The van der Waals surface area contributed by atoms with Crippen molar-refractivity contribution >= 4 is 39.4 Å². The van der Waals surface area contributed by atoms with Gasteiger partial charge >= 0.3 is 6.18 Å². The molecule has 0 unspecified atom stereocenters. The average Bonchev–Trinajstić information content (AvgIpc) is 3.49. The first-order valence-electron chi connectivity index (χ1n) is 10.6. The number of nitrogens with zero attached hydrogens (tertiary/aromatic N) is 3. The van der Waals surface area contributed by atoms with Crippen LogP contribution in [0.4, 0.5) is 24.0 Å².